The van der Waals surface area contributed by atoms with E-state index in [0.717, 1.165) is 42.9 Å². The van der Waals surface area contributed by atoms with E-state index in [9.17, 15) is 9.90 Å². The summed E-state index contributed by atoms with van der Waals surface area (Å²) in [5, 5.41) is 10.6. The Balaban J connectivity index is 1.07. The van der Waals surface area contributed by atoms with Crippen LogP contribution in [0, 0.1) is 0 Å². The second-order valence-electron chi connectivity index (χ2n) is 11.2. The van der Waals surface area contributed by atoms with Crippen LogP contribution < -0.4 is 4.74 Å². The number of hydrogen-bond donors (Lipinski definition) is 1. The monoisotopic (exact) mass is 542 g/mol. The molecule has 3 aliphatic rings. The highest BCUT2D eigenvalue weighted by Gasteiger charge is 2.38. The molecule has 0 aromatic heterocycles. The van der Waals surface area contributed by atoms with Crippen LogP contribution in [0.2, 0.25) is 0 Å². The number of aliphatic hydroxyl groups is 1. The lowest BCUT2D eigenvalue weighted by Gasteiger charge is -2.44. The normalized spacial score (nSPS) is 25.3. The quantitative estimate of drug-likeness (QED) is 0.492. The Morgan fingerprint density at radius 3 is 2.48 bits per heavy atom. The van der Waals surface area contributed by atoms with Gasteiger partial charge in [-0.1, -0.05) is 54.6 Å². The van der Waals surface area contributed by atoms with Crippen LogP contribution in [0.25, 0.3) is 0 Å². The Labute approximate surface area is 236 Å². The lowest BCUT2D eigenvalue weighted by Crippen LogP contribution is -2.55. The number of aliphatic hydroxyl groups excluding tert-OH is 1. The molecule has 7 nitrogen and oxygen atoms in total. The van der Waals surface area contributed by atoms with Crippen LogP contribution in [-0.2, 0) is 33.8 Å². The van der Waals surface area contributed by atoms with E-state index < -0.39 is 6.10 Å². The predicted molar refractivity (Wildman–Crippen MR) is 152 cm³/mol. The van der Waals surface area contributed by atoms with E-state index in [1.54, 1.807) is 0 Å². The Bertz CT molecular complexity index is 1270. The number of nitrogens with zero attached hydrogens (tertiary/aromatic N) is 2. The molecule has 3 heterocycles. The highest BCUT2D eigenvalue weighted by atomic mass is 16.5. The molecule has 4 atom stereocenters. The minimum absolute atomic E-state index is 0.114. The van der Waals surface area contributed by atoms with E-state index >= 15 is 0 Å². The first-order valence-corrected chi connectivity index (χ1v) is 14.4. The van der Waals surface area contributed by atoms with Gasteiger partial charge in [0.25, 0.3) is 0 Å². The highest BCUT2D eigenvalue weighted by Crippen LogP contribution is 2.30. The first kappa shape index (κ1) is 27.0. The zero-order valence-electron chi connectivity index (χ0n) is 22.9. The second kappa shape index (κ2) is 12.5. The molecule has 1 amide bonds. The standard InChI is InChI=1S/C33H38N2O5/c36-27-21-35(19-24-10-12-29(13-11-24)39-28-8-2-1-3-9-28)31-15-14-30(40-32(31)23-38-22-27)18-33(37)34-17-16-25-6-4-5-7-26(25)20-34/h1-13,27,30-32,36H,14-23H2/t27-,30+,31+,32+/m1/s1. The summed E-state index contributed by atoms with van der Waals surface area (Å²) in [4.78, 5) is 17.5. The number of rotatable bonds is 6. The molecule has 2 saturated heterocycles. The van der Waals surface area contributed by atoms with Gasteiger partial charge in [-0.15, -0.1) is 0 Å². The van der Waals surface area contributed by atoms with Crippen LogP contribution in [0.15, 0.2) is 78.9 Å². The van der Waals surface area contributed by atoms with Crippen LogP contribution in [0.1, 0.15) is 36.0 Å². The van der Waals surface area contributed by atoms with Gasteiger partial charge in [-0.2, -0.15) is 0 Å². The summed E-state index contributed by atoms with van der Waals surface area (Å²) in [6.07, 6.45) is 2.21. The molecule has 2 fully saturated rings. The molecule has 0 saturated carbocycles. The number of β-amino-alcohol motifs (C(OH)–C–C–N with tert-alkyl or cyclic N) is 1. The van der Waals surface area contributed by atoms with Gasteiger partial charge in [0.15, 0.2) is 0 Å². The van der Waals surface area contributed by atoms with E-state index in [-0.39, 0.29) is 30.8 Å². The molecule has 0 spiro atoms. The number of amides is 1. The SMILES string of the molecule is O=C(C[C@@H]1CC[C@H]2[C@H](COC[C@H](O)CN2Cc2ccc(Oc3ccccc3)cc2)O1)N1CCc2ccccc2C1. The van der Waals surface area contributed by atoms with Crippen molar-refractivity contribution in [2.24, 2.45) is 0 Å². The third-order valence-electron chi connectivity index (χ3n) is 8.26. The van der Waals surface area contributed by atoms with Crippen molar-refractivity contribution in [1.82, 2.24) is 9.80 Å². The van der Waals surface area contributed by atoms with Crippen molar-refractivity contribution in [2.45, 2.75) is 63.1 Å². The number of ether oxygens (including phenoxy) is 3. The molecule has 3 aromatic rings. The fourth-order valence-corrected chi connectivity index (χ4v) is 6.18. The van der Waals surface area contributed by atoms with Gasteiger partial charge in [0.2, 0.25) is 5.91 Å². The van der Waals surface area contributed by atoms with Gasteiger partial charge in [0.05, 0.1) is 37.9 Å². The maximum absolute atomic E-state index is 13.2. The average Bonchev–Trinajstić information content (AvgIpc) is 2.97. The van der Waals surface area contributed by atoms with E-state index in [2.05, 4.69) is 35.2 Å². The van der Waals surface area contributed by atoms with Gasteiger partial charge < -0.3 is 24.2 Å². The molecule has 0 bridgehead atoms. The lowest BCUT2D eigenvalue weighted by atomic mass is 9.93. The summed E-state index contributed by atoms with van der Waals surface area (Å²) in [6, 6.07) is 26.4. The number of carbonyl (C=O) groups excluding carboxylic acids is 1. The minimum Gasteiger partial charge on any atom is -0.457 e. The van der Waals surface area contributed by atoms with Gasteiger partial charge in [0.1, 0.15) is 11.5 Å². The minimum atomic E-state index is -0.553. The Kier molecular flexibility index (Phi) is 8.44. The molecule has 1 N–H and O–H groups in total. The van der Waals surface area contributed by atoms with Crippen LogP contribution in [0.5, 0.6) is 11.5 Å². The van der Waals surface area contributed by atoms with Crippen LogP contribution >= 0.6 is 0 Å². The van der Waals surface area contributed by atoms with Crippen molar-refractivity contribution in [3.05, 3.63) is 95.6 Å². The van der Waals surface area contributed by atoms with Crippen LogP contribution in [0.3, 0.4) is 0 Å². The zero-order chi connectivity index (χ0) is 27.3. The van der Waals surface area contributed by atoms with Crippen molar-refractivity contribution < 1.29 is 24.1 Å². The van der Waals surface area contributed by atoms with E-state index in [0.29, 0.717) is 32.7 Å². The van der Waals surface area contributed by atoms with Crippen molar-refractivity contribution in [1.29, 1.82) is 0 Å². The molecule has 3 aromatic carbocycles. The van der Waals surface area contributed by atoms with Gasteiger partial charge in [-0.05, 0) is 60.2 Å². The summed E-state index contributed by atoms with van der Waals surface area (Å²) < 4.78 is 18.3. The van der Waals surface area contributed by atoms with E-state index in [1.807, 2.05) is 53.4 Å². The van der Waals surface area contributed by atoms with Crippen molar-refractivity contribution >= 4 is 5.91 Å². The second-order valence-corrected chi connectivity index (χ2v) is 11.2. The summed E-state index contributed by atoms with van der Waals surface area (Å²) in [6.45, 7) is 3.36. The molecule has 6 rings (SSSR count). The average molecular weight is 543 g/mol. The smallest absolute Gasteiger partial charge is 0.225 e. The molecule has 40 heavy (non-hydrogen) atoms. The van der Waals surface area contributed by atoms with Crippen LogP contribution in [-0.4, -0.2) is 71.5 Å². The predicted octanol–water partition coefficient (Wildman–Crippen LogP) is 4.56. The van der Waals surface area contributed by atoms with Crippen molar-refractivity contribution in [3.63, 3.8) is 0 Å². The first-order valence-electron chi connectivity index (χ1n) is 14.4. The fraction of sp³-hybridized carbons (Fsp3) is 0.424. The number of benzene rings is 3. The largest absolute Gasteiger partial charge is 0.457 e. The molecule has 0 aliphatic carbocycles. The zero-order valence-corrected chi connectivity index (χ0v) is 22.9. The number of fused-ring (bicyclic) bond motifs is 2. The van der Waals surface area contributed by atoms with Crippen molar-refractivity contribution in [2.75, 3.05) is 26.3 Å². The summed E-state index contributed by atoms with van der Waals surface area (Å²) in [5.74, 6) is 1.76. The Morgan fingerprint density at radius 1 is 0.900 bits per heavy atom. The third kappa shape index (κ3) is 6.56. The summed E-state index contributed by atoms with van der Waals surface area (Å²) in [5.41, 5.74) is 3.74. The molecule has 3 aliphatic heterocycles. The van der Waals surface area contributed by atoms with Crippen LogP contribution in [0.4, 0.5) is 0 Å². The van der Waals surface area contributed by atoms with Gasteiger partial charge in [-0.3, -0.25) is 9.69 Å². The Hall–Kier alpha value is -3.23. The van der Waals surface area contributed by atoms with Gasteiger partial charge in [-0.25, -0.2) is 0 Å². The Morgan fingerprint density at radius 2 is 1.65 bits per heavy atom. The molecule has 0 radical (unpaired) electrons. The van der Waals surface area contributed by atoms with Gasteiger partial charge >= 0.3 is 0 Å². The number of carbonyl (C=O) groups is 1. The van der Waals surface area contributed by atoms with E-state index in [1.165, 1.54) is 11.1 Å². The summed E-state index contributed by atoms with van der Waals surface area (Å²) >= 11 is 0. The number of hydrogen-bond acceptors (Lipinski definition) is 6. The molecule has 0 unspecified atom stereocenters. The molecular formula is C33H38N2O5. The first-order chi connectivity index (χ1) is 19.6. The maximum atomic E-state index is 13.2. The fourth-order valence-electron chi connectivity index (χ4n) is 6.18. The lowest BCUT2D eigenvalue weighted by molar-refractivity contribution is -0.161. The van der Waals surface area contributed by atoms with Gasteiger partial charge in [0, 0.05) is 32.2 Å². The maximum Gasteiger partial charge on any atom is 0.225 e. The van der Waals surface area contributed by atoms with Crippen molar-refractivity contribution in [3.8, 4) is 11.5 Å². The molecular weight excluding hydrogens is 504 g/mol. The highest BCUT2D eigenvalue weighted by molar-refractivity contribution is 5.77. The number of para-hydroxylation sites is 1. The molecule has 7 heteroatoms. The summed E-state index contributed by atoms with van der Waals surface area (Å²) in [7, 11) is 0. The van der Waals surface area contributed by atoms with E-state index in [4.69, 9.17) is 14.2 Å². The third-order valence-corrected chi connectivity index (χ3v) is 8.26. The topological polar surface area (TPSA) is 71.5 Å². The molecule has 210 valence electrons.